The summed E-state index contributed by atoms with van der Waals surface area (Å²) in [6.07, 6.45) is -0.391. The van der Waals surface area contributed by atoms with Crippen LogP contribution in [0.3, 0.4) is 0 Å². The van der Waals surface area contributed by atoms with E-state index >= 15 is 0 Å². The third-order valence-electron chi connectivity index (χ3n) is 2.15. The molecule has 3 nitrogen and oxygen atoms in total. The monoisotopic (exact) mass is 242 g/mol. The molecule has 1 unspecified atom stereocenters. The quantitative estimate of drug-likeness (QED) is 0.716. The molecule has 90 valence electrons. The number of halogens is 1. The number of anilines is 1. The Morgan fingerprint density at radius 1 is 1.19 bits per heavy atom. The molecule has 0 amide bonds. The van der Waals surface area contributed by atoms with Crippen LogP contribution in [0.25, 0.3) is 0 Å². The fraction of sp³-hybridized carbons (Fsp3) is 0.500. The lowest BCUT2D eigenvalue weighted by molar-refractivity contribution is 0.181. The number of aliphatic hydroxyl groups excluding tert-OH is 1. The maximum Gasteiger partial charge on any atom is 0.0836 e. The van der Waals surface area contributed by atoms with Crippen molar-refractivity contribution in [2.45, 2.75) is 26.0 Å². The average molecular weight is 243 g/mol. The number of hydrogen-bond donors (Lipinski definition) is 3. The molecule has 0 saturated heterocycles. The van der Waals surface area contributed by atoms with E-state index < -0.39 is 6.10 Å². The van der Waals surface area contributed by atoms with Crippen LogP contribution in [0.2, 0.25) is 5.02 Å². The van der Waals surface area contributed by atoms with Crippen molar-refractivity contribution in [2.24, 2.45) is 0 Å². The van der Waals surface area contributed by atoms with Gasteiger partial charge in [0.1, 0.15) is 0 Å². The summed E-state index contributed by atoms with van der Waals surface area (Å²) in [6, 6.07) is 7.83. The van der Waals surface area contributed by atoms with Gasteiger partial charge in [-0.25, -0.2) is 0 Å². The van der Waals surface area contributed by atoms with E-state index in [0.717, 1.165) is 5.69 Å². The Kier molecular flexibility index (Phi) is 5.60. The van der Waals surface area contributed by atoms with Crippen LogP contribution < -0.4 is 10.6 Å². The second kappa shape index (κ2) is 6.74. The number of nitrogens with one attached hydrogen (secondary N) is 2. The predicted octanol–water partition coefficient (Wildman–Crippen LogP) is 2.11. The summed E-state index contributed by atoms with van der Waals surface area (Å²) in [5.74, 6) is 0. The summed E-state index contributed by atoms with van der Waals surface area (Å²) in [7, 11) is 0. The first-order valence-corrected chi connectivity index (χ1v) is 5.86. The highest BCUT2D eigenvalue weighted by Gasteiger charge is 2.04. The summed E-state index contributed by atoms with van der Waals surface area (Å²) >= 11 is 5.77. The summed E-state index contributed by atoms with van der Waals surface area (Å²) < 4.78 is 0. The number of rotatable bonds is 6. The van der Waals surface area contributed by atoms with E-state index in [0.29, 0.717) is 24.2 Å². The summed E-state index contributed by atoms with van der Waals surface area (Å²) in [5, 5.41) is 16.7. The third kappa shape index (κ3) is 5.35. The van der Waals surface area contributed by atoms with Crippen molar-refractivity contribution in [3.63, 3.8) is 0 Å². The molecule has 1 aromatic carbocycles. The van der Waals surface area contributed by atoms with Gasteiger partial charge in [0, 0.05) is 29.8 Å². The standard InChI is InChI=1S/C12H19ClN2O/c1-9(2)14-7-12(16)8-15-11-5-3-10(13)4-6-11/h3-6,9,12,14-16H,7-8H2,1-2H3. The lowest BCUT2D eigenvalue weighted by Crippen LogP contribution is -2.35. The fourth-order valence-corrected chi connectivity index (χ4v) is 1.37. The van der Waals surface area contributed by atoms with Crippen LogP contribution in [0.15, 0.2) is 24.3 Å². The van der Waals surface area contributed by atoms with E-state index in [9.17, 15) is 5.11 Å². The van der Waals surface area contributed by atoms with Crippen molar-refractivity contribution in [2.75, 3.05) is 18.4 Å². The molecular formula is C12H19ClN2O. The van der Waals surface area contributed by atoms with E-state index in [4.69, 9.17) is 11.6 Å². The Hall–Kier alpha value is -0.770. The summed E-state index contributed by atoms with van der Waals surface area (Å²) in [6.45, 7) is 5.23. The molecule has 0 aliphatic rings. The first-order chi connectivity index (χ1) is 7.58. The van der Waals surface area contributed by atoms with Crippen molar-refractivity contribution in [1.29, 1.82) is 0 Å². The van der Waals surface area contributed by atoms with Gasteiger partial charge in [0.15, 0.2) is 0 Å². The highest BCUT2D eigenvalue weighted by atomic mass is 35.5. The molecule has 0 saturated carbocycles. The van der Waals surface area contributed by atoms with Crippen molar-refractivity contribution in [3.8, 4) is 0 Å². The van der Waals surface area contributed by atoms with Gasteiger partial charge >= 0.3 is 0 Å². The molecular weight excluding hydrogens is 224 g/mol. The van der Waals surface area contributed by atoms with E-state index in [1.165, 1.54) is 0 Å². The third-order valence-corrected chi connectivity index (χ3v) is 2.40. The molecule has 0 heterocycles. The van der Waals surface area contributed by atoms with Gasteiger partial charge in [-0.05, 0) is 24.3 Å². The zero-order valence-electron chi connectivity index (χ0n) is 9.70. The van der Waals surface area contributed by atoms with E-state index in [1.54, 1.807) is 0 Å². The topological polar surface area (TPSA) is 44.3 Å². The zero-order valence-corrected chi connectivity index (χ0v) is 10.5. The van der Waals surface area contributed by atoms with Gasteiger partial charge in [-0.2, -0.15) is 0 Å². The first kappa shape index (κ1) is 13.3. The molecule has 0 spiro atoms. The molecule has 0 radical (unpaired) electrons. The van der Waals surface area contributed by atoms with E-state index in [2.05, 4.69) is 24.5 Å². The molecule has 1 aromatic rings. The van der Waals surface area contributed by atoms with Crippen LogP contribution in [-0.4, -0.2) is 30.3 Å². The summed E-state index contributed by atoms with van der Waals surface area (Å²) in [4.78, 5) is 0. The van der Waals surface area contributed by atoms with Gasteiger partial charge in [0.2, 0.25) is 0 Å². The Morgan fingerprint density at radius 3 is 2.38 bits per heavy atom. The highest BCUT2D eigenvalue weighted by molar-refractivity contribution is 6.30. The Labute approximate surface area is 102 Å². The van der Waals surface area contributed by atoms with Gasteiger partial charge in [0.25, 0.3) is 0 Å². The number of aliphatic hydroxyl groups is 1. The van der Waals surface area contributed by atoms with Crippen molar-refractivity contribution >= 4 is 17.3 Å². The van der Waals surface area contributed by atoms with Crippen LogP contribution >= 0.6 is 11.6 Å². The molecule has 4 heteroatoms. The smallest absolute Gasteiger partial charge is 0.0836 e. The second-order valence-corrected chi connectivity index (χ2v) is 4.54. The lowest BCUT2D eigenvalue weighted by atomic mass is 10.3. The van der Waals surface area contributed by atoms with Crippen molar-refractivity contribution in [1.82, 2.24) is 5.32 Å². The minimum Gasteiger partial charge on any atom is -0.390 e. The SMILES string of the molecule is CC(C)NCC(O)CNc1ccc(Cl)cc1. The van der Waals surface area contributed by atoms with Crippen LogP contribution in [0.4, 0.5) is 5.69 Å². The van der Waals surface area contributed by atoms with Crippen LogP contribution in [-0.2, 0) is 0 Å². The maximum absolute atomic E-state index is 9.66. The van der Waals surface area contributed by atoms with Crippen LogP contribution in [0, 0.1) is 0 Å². The van der Waals surface area contributed by atoms with Gasteiger partial charge in [-0.1, -0.05) is 25.4 Å². The van der Waals surface area contributed by atoms with Gasteiger partial charge in [-0.15, -0.1) is 0 Å². The molecule has 1 atom stereocenters. The predicted molar refractivity (Wildman–Crippen MR) is 69.1 cm³/mol. The molecule has 16 heavy (non-hydrogen) atoms. The molecule has 0 aromatic heterocycles. The van der Waals surface area contributed by atoms with Gasteiger partial charge in [-0.3, -0.25) is 0 Å². The lowest BCUT2D eigenvalue weighted by Gasteiger charge is -2.15. The molecule has 3 N–H and O–H groups in total. The van der Waals surface area contributed by atoms with Crippen molar-refractivity contribution in [3.05, 3.63) is 29.3 Å². The number of hydrogen-bond acceptors (Lipinski definition) is 3. The summed E-state index contributed by atoms with van der Waals surface area (Å²) in [5.41, 5.74) is 0.966. The Balaban J connectivity index is 2.26. The van der Waals surface area contributed by atoms with Crippen LogP contribution in [0.1, 0.15) is 13.8 Å². The minimum absolute atomic E-state index is 0.391. The fourth-order valence-electron chi connectivity index (χ4n) is 1.25. The number of benzene rings is 1. The molecule has 0 bridgehead atoms. The van der Waals surface area contributed by atoms with E-state index in [-0.39, 0.29) is 0 Å². The van der Waals surface area contributed by atoms with Crippen molar-refractivity contribution < 1.29 is 5.11 Å². The highest BCUT2D eigenvalue weighted by Crippen LogP contribution is 2.13. The first-order valence-electron chi connectivity index (χ1n) is 5.49. The Bertz CT molecular complexity index is 300. The zero-order chi connectivity index (χ0) is 12.0. The molecule has 1 rings (SSSR count). The van der Waals surface area contributed by atoms with Gasteiger partial charge < -0.3 is 15.7 Å². The maximum atomic E-state index is 9.66. The second-order valence-electron chi connectivity index (χ2n) is 4.10. The molecule has 0 aliphatic heterocycles. The van der Waals surface area contributed by atoms with Crippen LogP contribution in [0.5, 0.6) is 0 Å². The molecule has 0 aliphatic carbocycles. The Morgan fingerprint density at radius 2 is 1.81 bits per heavy atom. The normalized spacial score (nSPS) is 12.8. The minimum atomic E-state index is -0.391. The molecule has 0 fully saturated rings. The van der Waals surface area contributed by atoms with E-state index in [1.807, 2.05) is 24.3 Å². The van der Waals surface area contributed by atoms with Gasteiger partial charge in [0.05, 0.1) is 6.10 Å². The largest absolute Gasteiger partial charge is 0.390 e. The average Bonchev–Trinajstić information content (AvgIpc) is 2.25.